The molecule has 0 aliphatic carbocycles. The van der Waals surface area contributed by atoms with Crippen LogP contribution in [-0.2, 0) is 14.3 Å². The minimum atomic E-state index is -0.582. The van der Waals surface area contributed by atoms with Crippen LogP contribution in [0.15, 0.2) is 51.9 Å². The van der Waals surface area contributed by atoms with Crippen molar-refractivity contribution in [1.82, 2.24) is 0 Å². The van der Waals surface area contributed by atoms with Crippen LogP contribution in [0.5, 0.6) is 0 Å². The minimum absolute atomic E-state index is 0.0334. The molecule has 1 heterocycles. The maximum absolute atomic E-state index is 12.5. The zero-order chi connectivity index (χ0) is 19.8. The first kappa shape index (κ1) is 20.9. The Morgan fingerprint density at radius 1 is 1.30 bits per heavy atom. The molecule has 6 heteroatoms. The molecule has 2 N–H and O–H groups in total. The fraction of sp³-hybridized carbons (Fsp3) is 0.429. The molecule has 0 saturated carbocycles. The van der Waals surface area contributed by atoms with Crippen LogP contribution in [0, 0.1) is 11.3 Å². The summed E-state index contributed by atoms with van der Waals surface area (Å²) in [7, 11) is 0. The highest BCUT2D eigenvalue weighted by atomic mass is 32.2. The number of nitrogens with two attached hydrogens (primary N) is 1. The van der Waals surface area contributed by atoms with Gasteiger partial charge in [0.15, 0.2) is 0 Å². The summed E-state index contributed by atoms with van der Waals surface area (Å²) in [6, 6.07) is 10.0. The van der Waals surface area contributed by atoms with Gasteiger partial charge in [-0.05, 0) is 43.7 Å². The third-order valence-electron chi connectivity index (χ3n) is 4.33. The molecule has 1 aromatic carbocycles. The summed E-state index contributed by atoms with van der Waals surface area (Å²) in [6.07, 6.45) is 3.63. The lowest BCUT2D eigenvalue weighted by molar-refractivity contribution is -0.139. The fourth-order valence-electron chi connectivity index (χ4n) is 2.99. The van der Waals surface area contributed by atoms with E-state index < -0.39 is 11.9 Å². The average Bonchev–Trinajstić information content (AvgIpc) is 2.65. The molecule has 0 saturated heterocycles. The van der Waals surface area contributed by atoms with E-state index in [0.29, 0.717) is 11.3 Å². The van der Waals surface area contributed by atoms with Crippen molar-refractivity contribution in [2.75, 3.05) is 12.4 Å². The standard InChI is InChI=1S/C21H26N2O3S/c1-4-6-7-12-27-16-10-8-15(9-11-16)19-17(13-22)20(23)26-14(3)18(19)21(24)25-5-2/h8-11,19H,4-7,12,23H2,1-3H3. The summed E-state index contributed by atoms with van der Waals surface area (Å²) in [5.41, 5.74) is 7.28. The highest BCUT2D eigenvalue weighted by Crippen LogP contribution is 2.40. The van der Waals surface area contributed by atoms with Gasteiger partial charge in [-0.15, -0.1) is 11.8 Å². The van der Waals surface area contributed by atoms with E-state index in [4.69, 9.17) is 15.2 Å². The van der Waals surface area contributed by atoms with Crippen LogP contribution in [0.3, 0.4) is 0 Å². The second kappa shape index (κ2) is 10.1. The van der Waals surface area contributed by atoms with E-state index in [9.17, 15) is 10.1 Å². The molecule has 0 bridgehead atoms. The number of benzene rings is 1. The summed E-state index contributed by atoms with van der Waals surface area (Å²) in [5.74, 6) is 0.410. The number of thioether (sulfide) groups is 1. The van der Waals surface area contributed by atoms with E-state index in [0.717, 1.165) is 16.2 Å². The normalized spacial score (nSPS) is 16.7. The molecule has 0 spiro atoms. The van der Waals surface area contributed by atoms with E-state index in [1.54, 1.807) is 13.8 Å². The predicted octanol–water partition coefficient (Wildman–Crippen LogP) is 4.61. The summed E-state index contributed by atoms with van der Waals surface area (Å²) < 4.78 is 10.6. The molecule has 144 valence electrons. The van der Waals surface area contributed by atoms with Crippen molar-refractivity contribution in [3.63, 3.8) is 0 Å². The smallest absolute Gasteiger partial charge is 0.338 e. The van der Waals surface area contributed by atoms with Crippen LogP contribution >= 0.6 is 11.8 Å². The van der Waals surface area contributed by atoms with Gasteiger partial charge >= 0.3 is 5.97 Å². The first-order valence-corrected chi connectivity index (χ1v) is 10.2. The Hall–Kier alpha value is -2.39. The average molecular weight is 387 g/mol. The number of hydrogen-bond acceptors (Lipinski definition) is 6. The van der Waals surface area contributed by atoms with E-state index >= 15 is 0 Å². The number of nitriles is 1. The van der Waals surface area contributed by atoms with Crippen molar-refractivity contribution >= 4 is 17.7 Å². The van der Waals surface area contributed by atoms with Crippen LogP contribution in [0.1, 0.15) is 51.5 Å². The summed E-state index contributed by atoms with van der Waals surface area (Å²) >= 11 is 1.81. The predicted molar refractivity (Wildman–Crippen MR) is 107 cm³/mol. The molecular weight excluding hydrogens is 360 g/mol. The van der Waals surface area contributed by atoms with Crippen molar-refractivity contribution in [1.29, 1.82) is 5.26 Å². The zero-order valence-electron chi connectivity index (χ0n) is 16.1. The topological polar surface area (TPSA) is 85.3 Å². The Morgan fingerprint density at radius 3 is 2.59 bits per heavy atom. The van der Waals surface area contributed by atoms with Crippen LogP contribution in [0.4, 0.5) is 0 Å². The first-order valence-electron chi connectivity index (χ1n) is 9.21. The van der Waals surface area contributed by atoms with Crippen LogP contribution in [0.2, 0.25) is 0 Å². The van der Waals surface area contributed by atoms with Gasteiger partial charge in [-0.1, -0.05) is 31.9 Å². The van der Waals surface area contributed by atoms with Gasteiger partial charge in [-0.3, -0.25) is 0 Å². The molecule has 0 fully saturated rings. The van der Waals surface area contributed by atoms with Gasteiger partial charge < -0.3 is 15.2 Å². The second-order valence-electron chi connectivity index (χ2n) is 6.24. The van der Waals surface area contributed by atoms with Gasteiger partial charge in [0.25, 0.3) is 0 Å². The SMILES string of the molecule is CCCCCSc1ccc(C2C(C#N)=C(N)OC(C)=C2C(=O)OCC)cc1. The number of carbonyl (C=O) groups is 1. The largest absolute Gasteiger partial charge is 0.463 e. The van der Waals surface area contributed by atoms with Gasteiger partial charge in [-0.2, -0.15) is 5.26 Å². The van der Waals surface area contributed by atoms with E-state index in [1.807, 2.05) is 36.0 Å². The van der Waals surface area contributed by atoms with Crippen LogP contribution in [0.25, 0.3) is 0 Å². The van der Waals surface area contributed by atoms with Crippen molar-refractivity contribution < 1.29 is 14.3 Å². The molecule has 1 aliphatic rings. The second-order valence-corrected chi connectivity index (χ2v) is 7.41. The fourth-order valence-corrected chi connectivity index (χ4v) is 3.90. The number of unbranched alkanes of at least 4 members (excludes halogenated alkanes) is 2. The van der Waals surface area contributed by atoms with Crippen LogP contribution in [-0.4, -0.2) is 18.3 Å². The Labute approximate surface area is 165 Å². The summed E-state index contributed by atoms with van der Waals surface area (Å²) in [5, 5.41) is 9.58. The van der Waals surface area contributed by atoms with Crippen molar-refractivity contribution in [3.8, 4) is 6.07 Å². The number of rotatable bonds is 8. The molecule has 0 radical (unpaired) electrons. The molecule has 1 atom stereocenters. The van der Waals surface area contributed by atoms with E-state index in [2.05, 4.69) is 13.0 Å². The summed E-state index contributed by atoms with van der Waals surface area (Å²) in [6.45, 7) is 5.84. The third-order valence-corrected chi connectivity index (χ3v) is 5.43. The Bertz CT molecular complexity index is 776. The molecule has 1 aliphatic heterocycles. The molecule has 27 heavy (non-hydrogen) atoms. The summed E-state index contributed by atoms with van der Waals surface area (Å²) in [4.78, 5) is 13.7. The molecule has 1 unspecified atom stereocenters. The molecule has 0 aromatic heterocycles. The monoisotopic (exact) mass is 386 g/mol. The number of nitrogens with zero attached hydrogens (tertiary/aromatic N) is 1. The van der Waals surface area contributed by atoms with Crippen molar-refractivity contribution in [3.05, 3.63) is 52.6 Å². The van der Waals surface area contributed by atoms with E-state index in [-0.39, 0.29) is 18.1 Å². The number of ether oxygens (including phenoxy) is 2. The number of hydrogen-bond donors (Lipinski definition) is 1. The lowest BCUT2D eigenvalue weighted by atomic mass is 9.83. The van der Waals surface area contributed by atoms with Crippen molar-refractivity contribution in [2.24, 2.45) is 5.73 Å². The maximum atomic E-state index is 12.5. The van der Waals surface area contributed by atoms with Gasteiger partial charge in [-0.25, -0.2) is 4.79 Å². The maximum Gasteiger partial charge on any atom is 0.338 e. The quantitative estimate of drug-likeness (QED) is 0.399. The van der Waals surface area contributed by atoms with Crippen LogP contribution < -0.4 is 5.73 Å². The lowest BCUT2D eigenvalue weighted by Gasteiger charge is -2.26. The molecule has 0 amide bonds. The highest BCUT2D eigenvalue weighted by molar-refractivity contribution is 7.99. The van der Waals surface area contributed by atoms with Gasteiger partial charge in [0.05, 0.1) is 18.1 Å². The van der Waals surface area contributed by atoms with Gasteiger partial charge in [0.2, 0.25) is 5.88 Å². The number of allylic oxidation sites excluding steroid dienone is 2. The van der Waals surface area contributed by atoms with Gasteiger partial charge in [0.1, 0.15) is 17.4 Å². The molecule has 1 aromatic rings. The molecule has 2 rings (SSSR count). The Morgan fingerprint density at radius 2 is 2.00 bits per heavy atom. The Balaban J connectivity index is 2.31. The van der Waals surface area contributed by atoms with Crippen molar-refractivity contribution in [2.45, 2.75) is 50.8 Å². The lowest BCUT2D eigenvalue weighted by Crippen LogP contribution is -2.25. The van der Waals surface area contributed by atoms with Gasteiger partial charge in [0, 0.05) is 4.90 Å². The number of esters is 1. The molecule has 5 nitrogen and oxygen atoms in total. The third kappa shape index (κ3) is 5.08. The first-order chi connectivity index (χ1) is 13.0. The molecular formula is C21H26N2O3S. The van der Waals surface area contributed by atoms with E-state index in [1.165, 1.54) is 19.3 Å². The number of carbonyl (C=O) groups excluding carboxylic acids is 1. The highest BCUT2D eigenvalue weighted by Gasteiger charge is 2.36. The Kier molecular flexibility index (Phi) is 7.81. The minimum Gasteiger partial charge on any atom is -0.463 e. The zero-order valence-corrected chi connectivity index (χ0v) is 16.9.